The molecule has 0 saturated heterocycles. The Labute approximate surface area is 113 Å². The molecule has 0 radical (unpaired) electrons. The van der Waals surface area contributed by atoms with Gasteiger partial charge in [-0.25, -0.2) is 8.42 Å². The van der Waals surface area contributed by atoms with Crippen molar-refractivity contribution in [3.05, 3.63) is 0 Å². The third-order valence-electron chi connectivity index (χ3n) is 1.20. The minimum Gasteiger partial charge on any atom is -0.726 e. The van der Waals surface area contributed by atoms with Gasteiger partial charge in [-0.1, -0.05) is 0 Å². The Bertz CT molecular complexity index is 321. The zero-order valence-corrected chi connectivity index (χ0v) is 12.8. The fraction of sp³-hybridized carbons (Fsp3) is 0.889. The number of hydrogen-bond donors (Lipinski definition) is 4. The van der Waals surface area contributed by atoms with Gasteiger partial charge in [0.05, 0.1) is 12.1 Å². The van der Waals surface area contributed by atoms with E-state index in [-0.39, 0.29) is 0 Å². The maximum atomic E-state index is 8.63. The van der Waals surface area contributed by atoms with E-state index in [1.807, 2.05) is 0 Å². The standard InChI is InChI=1S/C9H21N3S.H2O4S/c1-7(2)11-9(12-8(3)4)13-6-5-10;1-5(2,3)4/h7-8H,5-6,10H2,1-4H3,(H,11,12);(H2,1,2,3,4). The van der Waals surface area contributed by atoms with Gasteiger partial charge in [0.2, 0.25) is 10.4 Å². The molecule has 0 aliphatic carbocycles. The van der Waals surface area contributed by atoms with Crippen molar-refractivity contribution in [2.24, 2.45) is 5.73 Å². The highest BCUT2D eigenvalue weighted by molar-refractivity contribution is 8.13. The molecular formula is C9H23N3O4S2. The second kappa shape index (κ2) is 10.6. The van der Waals surface area contributed by atoms with Crippen molar-refractivity contribution in [3.8, 4) is 0 Å². The summed E-state index contributed by atoms with van der Waals surface area (Å²) < 4.78 is 32.8. The van der Waals surface area contributed by atoms with E-state index in [4.69, 9.17) is 23.3 Å². The van der Waals surface area contributed by atoms with E-state index >= 15 is 0 Å². The molecule has 0 fully saturated rings. The summed E-state index contributed by atoms with van der Waals surface area (Å²) in [6.07, 6.45) is 0. The highest BCUT2D eigenvalue weighted by Gasteiger charge is 2.09. The summed E-state index contributed by atoms with van der Waals surface area (Å²) in [7, 11) is -4.92. The average molecular weight is 301 g/mol. The first-order valence-corrected chi connectivity index (χ1v) is 7.82. The quantitative estimate of drug-likeness (QED) is 0.216. The molecule has 0 unspecified atom stereocenters. The number of nitrogens with one attached hydrogen (secondary N) is 2. The van der Waals surface area contributed by atoms with Gasteiger partial charge in [-0.15, -0.1) is 0 Å². The molecule has 0 aromatic heterocycles. The summed E-state index contributed by atoms with van der Waals surface area (Å²) in [5, 5.41) is 4.49. The molecule has 9 heteroatoms. The van der Waals surface area contributed by atoms with E-state index in [9.17, 15) is 0 Å². The monoisotopic (exact) mass is 301 g/mol. The van der Waals surface area contributed by atoms with Gasteiger partial charge in [-0.3, -0.25) is 14.9 Å². The van der Waals surface area contributed by atoms with Crippen molar-refractivity contribution < 1.29 is 22.5 Å². The summed E-state index contributed by atoms with van der Waals surface area (Å²) in [4.78, 5) is 3.36. The van der Waals surface area contributed by atoms with E-state index in [0.717, 1.165) is 10.9 Å². The number of amidine groups is 1. The van der Waals surface area contributed by atoms with E-state index in [1.54, 1.807) is 11.8 Å². The number of thioether (sulfide) groups is 1. The van der Waals surface area contributed by atoms with E-state index < -0.39 is 10.4 Å². The number of rotatable bonds is 4. The van der Waals surface area contributed by atoms with Crippen LogP contribution < -0.4 is 16.0 Å². The summed E-state index contributed by atoms with van der Waals surface area (Å²) >= 11 is 1.75. The molecule has 5 N–H and O–H groups in total. The average Bonchev–Trinajstić information content (AvgIpc) is 2.09. The Morgan fingerprint density at radius 3 is 2.17 bits per heavy atom. The molecule has 110 valence electrons. The summed E-state index contributed by atoms with van der Waals surface area (Å²) in [5.41, 5.74) is 5.45. The first kappa shape index (κ1) is 20.0. The van der Waals surface area contributed by atoms with E-state index in [1.165, 1.54) is 0 Å². The minimum atomic E-state index is -4.92. The predicted molar refractivity (Wildman–Crippen MR) is 73.2 cm³/mol. The second-order valence-corrected chi connectivity index (χ2v) is 5.95. The molecule has 0 amide bonds. The largest absolute Gasteiger partial charge is 0.726 e. The van der Waals surface area contributed by atoms with Crippen molar-refractivity contribution >= 4 is 27.3 Å². The molecule has 0 heterocycles. The van der Waals surface area contributed by atoms with Gasteiger partial charge in [0, 0.05) is 12.3 Å². The maximum Gasteiger partial charge on any atom is 0.304 e. The molecule has 0 aromatic rings. The predicted octanol–water partition coefficient (Wildman–Crippen LogP) is -1.47. The zero-order chi connectivity index (χ0) is 14.8. The SMILES string of the molecule is CC(C)NC(=[NH+]C(C)C)SCCN.O=S(=O)([O-])O. The molecule has 18 heavy (non-hydrogen) atoms. The second-order valence-electron chi connectivity index (χ2n) is 3.99. The minimum absolute atomic E-state index is 0.464. The van der Waals surface area contributed by atoms with Crippen LogP contribution >= 0.6 is 11.8 Å². The van der Waals surface area contributed by atoms with Crippen LogP contribution in [0.2, 0.25) is 0 Å². The lowest BCUT2D eigenvalue weighted by Gasteiger charge is -2.06. The van der Waals surface area contributed by atoms with Crippen LogP contribution in [0.25, 0.3) is 0 Å². The van der Waals surface area contributed by atoms with Crippen molar-refractivity contribution in [2.75, 3.05) is 12.3 Å². The van der Waals surface area contributed by atoms with Gasteiger partial charge < -0.3 is 10.3 Å². The Morgan fingerprint density at radius 2 is 1.89 bits per heavy atom. The van der Waals surface area contributed by atoms with Crippen LogP contribution in [-0.2, 0) is 10.4 Å². The van der Waals surface area contributed by atoms with Crippen molar-refractivity contribution in [1.82, 2.24) is 5.32 Å². The molecule has 0 aliphatic heterocycles. The molecule has 0 rings (SSSR count). The maximum absolute atomic E-state index is 8.63. The molecule has 0 spiro atoms. The third-order valence-corrected chi connectivity index (χ3v) is 2.17. The summed E-state index contributed by atoms with van der Waals surface area (Å²) in [6, 6.07) is 0.929. The van der Waals surface area contributed by atoms with E-state index in [0.29, 0.717) is 18.6 Å². The van der Waals surface area contributed by atoms with Crippen LogP contribution in [0, 0.1) is 0 Å². The summed E-state index contributed by atoms with van der Waals surface area (Å²) in [6.45, 7) is 9.24. The van der Waals surface area contributed by atoms with E-state index in [2.05, 4.69) is 38.0 Å². The highest BCUT2D eigenvalue weighted by Crippen LogP contribution is 1.96. The Hall–Kier alpha value is -0.350. The van der Waals surface area contributed by atoms with Gasteiger partial charge in [-0.05, 0) is 39.5 Å². The van der Waals surface area contributed by atoms with Crippen LogP contribution in [-0.4, -0.2) is 47.1 Å². The van der Waals surface area contributed by atoms with Gasteiger partial charge in [0.25, 0.3) is 0 Å². The molecule has 0 bridgehead atoms. The van der Waals surface area contributed by atoms with Crippen molar-refractivity contribution in [1.29, 1.82) is 0 Å². The molecule has 0 aliphatic rings. The first-order chi connectivity index (χ1) is 8.06. The molecule has 0 aromatic carbocycles. The van der Waals surface area contributed by atoms with Gasteiger partial charge in [0.1, 0.15) is 0 Å². The highest BCUT2D eigenvalue weighted by atomic mass is 32.3. The number of nitrogens with two attached hydrogens (primary N) is 1. The molecule has 7 nitrogen and oxygen atoms in total. The van der Waals surface area contributed by atoms with Gasteiger partial charge in [0.15, 0.2) is 0 Å². The van der Waals surface area contributed by atoms with Crippen LogP contribution in [0.15, 0.2) is 0 Å². The number of hydrogen-bond acceptors (Lipinski definition) is 5. The fourth-order valence-corrected chi connectivity index (χ4v) is 1.77. The molecule has 0 atom stereocenters. The van der Waals surface area contributed by atoms with Crippen LogP contribution in [0.5, 0.6) is 0 Å². The fourth-order valence-electron chi connectivity index (χ4n) is 0.810. The van der Waals surface area contributed by atoms with Crippen LogP contribution in [0.3, 0.4) is 0 Å². The smallest absolute Gasteiger partial charge is 0.304 e. The molecular weight excluding hydrogens is 278 g/mol. The Balaban J connectivity index is 0. The van der Waals surface area contributed by atoms with Gasteiger partial charge in [-0.2, -0.15) is 0 Å². The van der Waals surface area contributed by atoms with Gasteiger partial charge >= 0.3 is 5.17 Å². The summed E-state index contributed by atoms with van der Waals surface area (Å²) in [5.74, 6) is 0.953. The molecule has 0 saturated carbocycles. The lowest BCUT2D eigenvalue weighted by molar-refractivity contribution is -0.492. The Morgan fingerprint density at radius 1 is 1.44 bits per heavy atom. The lowest BCUT2D eigenvalue weighted by atomic mass is 10.4. The van der Waals surface area contributed by atoms with Crippen LogP contribution in [0.4, 0.5) is 0 Å². The van der Waals surface area contributed by atoms with Crippen molar-refractivity contribution in [3.63, 3.8) is 0 Å². The third kappa shape index (κ3) is 24.7. The van der Waals surface area contributed by atoms with Crippen LogP contribution in [0.1, 0.15) is 27.7 Å². The zero-order valence-electron chi connectivity index (χ0n) is 11.1. The first-order valence-electron chi connectivity index (χ1n) is 5.47. The Kier molecular flexibility index (Phi) is 11.7. The van der Waals surface area contributed by atoms with Crippen molar-refractivity contribution in [2.45, 2.75) is 39.8 Å². The lowest BCUT2D eigenvalue weighted by Crippen LogP contribution is -2.80. The topological polar surface area (TPSA) is 129 Å². The normalized spacial score (nSPS) is 12.4.